The molecule has 1 heterocycles. The van der Waals surface area contributed by atoms with Crippen LogP contribution in [0.25, 0.3) is 11.0 Å². The number of aryl methyl sites for hydroxylation is 1. The third-order valence-corrected chi connectivity index (χ3v) is 3.15. The van der Waals surface area contributed by atoms with Crippen LogP contribution < -0.4 is 10.1 Å². The van der Waals surface area contributed by atoms with Crippen LogP contribution in [0.3, 0.4) is 0 Å². The van der Waals surface area contributed by atoms with Crippen LogP contribution in [0.15, 0.2) is 22.6 Å². The molecule has 21 heavy (non-hydrogen) atoms. The average Bonchev–Trinajstić information content (AvgIpc) is 2.78. The number of aliphatic carboxylic acids is 1. The number of hydrogen-bond acceptors (Lipinski definition) is 4. The zero-order chi connectivity index (χ0) is 15.4. The summed E-state index contributed by atoms with van der Waals surface area (Å²) in [7, 11) is 1.56. The number of nitrogens with one attached hydrogen (secondary N) is 1. The van der Waals surface area contributed by atoms with Crippen molar-refractivity contribution < 1.29 is 23.8 Å². The number of furan rings is 1. The van der Waals surface area contributed by atoms with Gasteiger partial charge < -0.3 is 19.6 Å². The summed E-state index contributed by atoms with van der Waals surface area (Å²) in [6.07, 6.45) is 0.415. The summed E-state index contributed by atoms with van der Waals surface area (Å²) >= 11 is 0. The van der Waals surface area contributed by atoms with Gasteiger partial charge in [-0.2, -0.15) is 0 Å². The Morgan fingerprint density at radius 1 is 1.38 bits per heavy atom. The summed E-state index contributed by atoms with van der Waals surface area (Å²) in [6, 6.07) is 5.26. The van der Waals surface area contributed by atoms with E-state index < -0.39 is 5.97 Å². The molecule has 0 fully saturated rings. The fourth-order valence-electron chi connectivity index (χ4n) is 2.14. The largest absolute Gasteiger partial charge is 0.497 e. The van der Waals surface area contributed by atoms with E-state index >= 15 is 0 Å². The summed E-state index contributed by atoms with van der Waals surface area (Å²) in [5.41, 5.74) is 1.07. The Hall–Kier alpha value is -2.50. The summed E-state index contributed by atoms with van der Waals surface area (Å²) in [6.45, 7) is 2.03. The molecular formula is C15H17NO5. The molecule has 0 bridgehead atoms. The zero-order valence-electron chi connectivity index (χ0n) is 11.9. The Balaban J connectivity index is 2.18. The molecule has 1 aromatic heterocycles. The van der Waals surface area contributed by atoms with Crippen molar-refractivity contribution in [3.63, 3.8) is 0 Å². The van der Waals surface area contributed by atoms with Gasteiger partial charge in [-0.1, -0.05) is 0 Å². The second-order valence-corrected chi connectivity index (χ2v) is 4.65. The highest BCUT2D eigenvalue weighted by Gasteiger charge is 2.18. The van der Waals surface area contributed by atoms with Gasteiger partial charge in [0.05, 0.1) is 12.7 Å². The van der Waals surface area contributed by atoms with Crippen LogP contribution in [-0.2, 0) is 4.79 Å². The number of ether oxygens (including phenoxy) is 1. The third-order valence-electron chi connectivity index (χ3n) is 3.15. The van der Waals surface area contributed by atoms with Gasteiger partial charge >= 0.3 is 5.97 Å². The van der Waals surface area contributed by atoms with E-state index in [0.717, 1.165) is 0 Å². The van der Waals surface area contributed by atoms with Crippen molar-refractivity contribution >= 4 is 22.8 Å². The average molecular weight is 291 g/mol. The standard InChI is InChI=1S/C15H17NO5/c1-9-14(15(19)16-7-3-4-13(17)18)11-8-10(20-2)5-6-12(11)21-9/h5-6,8H,3-4,7H2,1-2H3,(H,16,19)(H,17,18). The molecule has 0 aliphatic carbocycles. The number of benzene rings is 1. The van der Waals surface area contributed by atoms with Gasteiger partial charge in [0.1, 0.15) is 17.1 Å². The van der Waals surface area contributed by atoms with E-state index in [9.17, 15) is 9.59 Å². The molecule has 0 unspecified atom stereocenters. The molecule has 2 N–H and O–H groups in total. The highest BCUT2D eigenvalue weighted by atomic mass is 16.5. The minimum Gasteiger partial charge on any atom is -0.497 e. The first-order valence-corrected chi connectivity index (χ1v) is 6.60. The fourth-order valence-corrected chi connectivity index (χ4v) is 2.14. The third kappa shape index (κ3) is 3.34. The number of carboxylic acids is 1. The predicted molar refractivity (Wildman–Crippen MR) is 76.7 cm³/mol. The minimum atomic E-state index is -0.876. The molecule has 2 aromatic rings. The van der Waals surface area contributed by atoms with E-state index in [1.807, 2.05) is 0 Å². The molecule has 6 heteroatoms. The maximum Gasteiger partial charge on any atom is 0.303 e. The van der Waals surface area contributed by atoms with Crippen molar-refractivity contribution in [2.24, 2.45) is 0 Å². The van der Waals surface area contributed by atoms with Crippen molar-refractivity contribution in [3.05, 3.63) is 29.5 Å². The van der Waals surface area contributed by atoms with Gasteiger partial charge in [-0.15, -0.1) is 0 Å². The Bertz CT molecular complexity index is 674. The van der Waals surface area contributed by atoms with E-state index in [4.69, 9.17) is 14.3 Å². The van der Waals surface area contributed by atoms with Crippen LogP contribution in [0, 0.1) is 6.92 Å². The maximum atomic E-state index is 12.2. The first-order chi connectivity index (χ1) is 10.0. The lowest BCUT2D eigenvalue weighted by Gasteiger charge is -2.04. The van der Waals surface area contributed by atoms with E-state index in [1.54, 1.807) is 32.2 Å². The molecular weight excluding hydrogens is 274 g/mol. The number of hydrogen-bond donors (Lipinski definition) is 2. The van der Waals surface area contributed by atoms with E-state index in [-0.39, 0.29) is 12.3 Å². The number of rotatable bonds is 6. The minimum absolute atomic E-state index is 0.0270. The number of amides is 1. The van der Waals surface area contributed by atoms with E-state index in [1.165, 1.54) is 0 Å². The first-order valence-electron chi connectivity index (χ1n) is 6.60. The van der Waals surface area contributed by atoms with Gasteiger partial charge in [-0.25, -0.2) is 0 Å². The molecule has 0 aliphatic rings. The van der Waals surface area contributed by atoms with Crippen molar-refractivity contribution in [1.82, 2.24) is 5.32 Å². The van der Waals surface area contributed by atoms with Gasteiger partial charge in [0.15, 0.2) is 0 Å². The normalized spacial score (nSPS) is 10.6. The number of methoxy groups -OCH3 is 1. The molecule has 0 aliphatic heterocycles. The zero-order valence-corrected chi connectivity index (χ0v) is 11.9. The van der Waals surface area contributed by atoms with E-state index in [2.05, 4.69) is 5.32 Å². The molecule has 2 rings (SSSR count). The molecule has 0 saturated carbocycles. The molecule has 6 nitrogen and oxygen atoms in total. The first kappa shape index (κ1) is 14.9. The quantitative estimate of drug-likeness (QED) is 0.797. The van der Waals surface area contributed by atoms with Gasteiger partial charge in [-0.05, 0) is 31.5 Å². The van der Waals surface area contributed by atoms with Gasteiger partial charge in [0.25, 0.3) is 5.91 Å². The SMILES string of the molecule is COc1ccc2oc(C)c(C(=O)NCCCC(=O)O)c2c1. The molecule has 0 atom stereocenters. The number of carbonyl (C=O) groups is 2. The summed E-state index contributed by atoms with van der Waals surface area (Å²) in [5, 5.41) is 12.0. The predicted octanol–water partition coefficient (Wildman–Crippen LogP) is 2.34. The lowest BCUT2D eigenvalue weighted by Crippen LogP contribution is -2.25. The molecule has 1 amide bonds. The number of carbonyl (C=O) groups excluding carboxylic acids is 1. The monoisotopic (exact) mass is 291 g/mol. The Kier molecular flexibility index (Phi) is 4.47. The lowest BCUT2D eigenvalue weighted by molar-refractivity contribution is -0.137. The summed E-state index contributed by atoms with van der Waals surface area (Å²) in [5.74, 6) is 0.0148. The van der Waals surface area contributed by atoms with Crippen molar-refractivity contribution in [3.8, 4) is 5.75 Å². The topological polar surface area (TPSA) is 88.8 Å². The van der Waals surface area contributed by atoms with Gasteiger partial charge in [-0.3, -0.25) is 9.59 Å². The van der Waals surface area contributed by atoms with E-state index in [0.29, 0.717) is 41.0 Å². The highest BCUT2D eigenvalue weighted by Crippen LogP contribution is 2.28. The number of carboxylic acid groups (broad SMARTS) is 1. The van der Waals surface area contributed by atoms with Crippen LogP contribution in [0.2, 0.25) is 0 Å². The van der Waals surface area contributed by atoms with Crippen molar-refractivity contribution in [2.75, 3.05) is 13.7 Å². The molecule has 0 radical (unpaired) electrons. The van der Waals surface area contributed by atoms with Crippen LogP contribution in [-0.4, -0.2) is 30.6 Å². The Morgan fingerprint density at radius 2 is 2.14 bits per heavy atom. The Labute approximate surface area is 121 Å². The van der Waals surface area contributed by atoms with Crippen LogP contribution in [0.1, 0.15) is 29.0 Å². The maximum absolute atomic E-state index is 12.2. The van der Waals surface area contributed by atoms with Crippen LogP contribution >= 0.6 is 0 Å². The molecule has 0 spiro atoms. The molecule has 1 aromatic carbocycles. The van der Waals surface area contributed by atoms with Crippen LogP contribution in [0.5, 0.6) is 5.75 Å². The second-order valence-electron chi connectivity index (χ2n) is 4.65. The van der Waals surface area contributed by atoms with Gasteiger partial charge in [0, 0.05) is 18.4 Å². The van der Waals surface area contributed by atoms with Crippen molar-refractivity contribution in [2.45, 2.75) is 19.8 Å². The van der Waals surface area contributed by atoms with Crippen molar-refractivity contribution in [1.29, 1.82) is 0 Å². The molecule has 112 valence electrons. The number of fused-ring (bicyclic) bond motifs is 1. The van der Waals surface area contributed by atoms with Gasteiger partial charge in [0.2, 0.25) is 0 Å². The summed E-state index contributed by atoms with van der Waals surface area (Å²) in [4.78, 5) is 22.7. The fraction of sp³-hybridized carbons (Fsp3) is 0.333. The highest BCUT2D eigenvalue weighted by molar-refractivity contribution is 6.07. The molecule has 0 saturated heterocycles. The van der Waals surface area contributed by atoms with Crippen LogP contribution in [0.4, 0.5) is 0 Å². The second kappa shape index (κ2) is 6.30. The summed E-state index contributed by atoms with van der Waals surface area (Å²) < 4.78 is 10.7. The Morgan fingerprint density at radius 3 is 2.81 bits per heavy atom. The lowest BCUT2D eigenvalue weighted by atomic mass is 10.1. The smallest absolute Gasteiger partial charge is 0.303 e.